The molecule has 3 N–H and O–H groups in total. The van der Waals surface area contributed by atoms with Crippen LogP contribution in [0.4, 0.5) is 5.69 Å². The molecule has 0 aromatic heterocycles. The number of para-hydroxylation sites is 1. The summed E-state index contributed by atoms with van der Waals surface area (Å²) in [6.07, 6.45) is 3.56. The van der Waals surface area contributed by atoms with Crippen LogP contribution in [0.25, 0.3) is 0 Å². The van der Waals surface area contributed by atoms with Gasteiger partial charge in [-0.15, -0.1) is 0 Å². The van der Waals surface area contributed by atoms with Crippen molar-refractivity contribution in [2.75, 3.05) is 11.9 Å². The van der Waals surface area contributed by atoms with Crippen molar-refractivity contribution in [1.82, 2.24) is 0 Å². The number of nitrogens with two attached hydrogens (primary N) is 1. The van der Waals surface area contributed by atoms with Gasteiger partial charge in [0.05, 0.1) is 5.54 Å². The van der Waals surface area contributed by atoms with Gasteiger partial charge < -0.3 is 11.1 Å². The van der Waals surface area contributed by atoms with Crippen LogP contribution in [-0.4, -0.2) is 12.1 Å². The molecule has 2 rings (SSSR count). The molecule has 1 aromatic carbocycles. The molecule has 1 aliphatic carbocycles. The van der Waals surface area contributed by atoms with Crippen molar-refractivity contribution in [3.8, 4) is 0 Å². The first kappa shape index (κ1) is 14.9. The van der Waals surface area contributed by atoms with Crippen molar-refractivity contribution in [3.63, 3.8) is 0 Å². The number of rotatable bonds is 3. The predicted molar refractivity (Wildman–Crippen MR) is 86.3 cm³/mol. The Labute approximate surface area is 125 Å². The number of benzene rings is 1. The first-order chi connectivity index (χ1) is 8.86. The van der Waals surface area contributed by atoms with Crippen LogP contribution in [0, 0.1) is 11.3 Å². The van der Waals surface area contributed by atoms with Gasteiger partial charge in [-0.1, -0.05) is 32.9 Å². The fourth-order valence-electron chi connectivity index (χ4n) is 3.89. The quantitative estimate of drug-likeness (QED) is 0.864. The van der Waals surface area contributed by atoms with Gasteiger partial charge >= 0.3 is 0 Å². The molecule has 2 atom stereocenters. The molecule has 1 fully saturated rings. The predicted octanol–water partition coefficient (Wildman–Crippen LogP) is 4.40. The minimum Gasteiger partial charge on any atom is -0.377 e. The maximum atomic E-state index is 6.14. The lowest BCUT2D eigenvalue weighted by atomic mass is 9.64. The fraction of sp³-hybridized carbons (Fsp3) is 0.625. The van der Waals surface area contributed by atoms with Gasteiger partial charge in [-0.2, -0.15) is 0 Å². The fourth-order valence-corrected chi connectivity index (χ4v) is 4.28. The smallest absolute Gasteiger partial charge is 0.0503 e. The first-order valence-corrected chi connectivity index (χ1v) is 7.88. The molecule has 1 saturated carbocycles. The highest BCUT2D eigenvalue weighted by molar-refractivity contribution is 9.10. The summed E-state index contributed by atoms with van der Waals surface area (Å²) in [5, 5.41) is 3.73. The average molecular weight is 325 g/mol. The molecule has 3 heteroatoms. The van der Waals surface area contributed by atoms with Crippen molar-refractivity contribution in [2.45, 2.75) is 45.6 Å². The Kier molecular flexibility index (Phi) is 4.26. The number of anilines is 1. The van der Waals surface area contributed by atoms with Gasteiger partial charge in [-0.3, -0.25) is 0 Å². The van der Waals surface area contributed by atoms with Crippen LogP contribution in [0.5, 0.6) is 0 Å². The Morgan fingerprint density at radius 1 is 1.32 bits per heavy atom. The van der Waals surface area contributed by atoms with Crippen LogP contribution in [0.15, 0.2) is 28.7 Å². The van der Waals surface area contributed by atoms with Crippen molar-refractivity contribution in [2.24, 2.45) is 17.1 Å². The minimum atomic E-state index is 0.0189. The summed E-state index contributed by atoms with van der Waals surface area (Å²) in [5.74, 6) is 0.710. The van der Waals surface area contributed by atoms with E-state index in [4.69, 9.17) is 5.73 Å². The highest BCUT2D eigenvalue weighted by Crippen LogP contribution is 2.45. The van der Waals surface area contributed by atoms with Gasteiger partial charge in [0.1, 0.15) is 0 Å². The summed E-state index contributed by atoms with van der Waals surface area (Å²) < 4.78 is 1.11. The van der Waals surface area contributed by atoms with E-state index in [9.17, 15) is 0 Å². The Bertz CT molecular complexity index is 444. The van der Waals surface area contributed by atoms with Gasteiger partial charge in [-0.25, -0.2) is 0 Å². The van der Waals surface area contributed by atoms with E-state index in [1.54, 1.807) is 0 Å². The molecule has 0 heterocycles. The second-order valence-corrected chi connectivity index (χ2v) is 7.80. The minimum absolute atomic E-state index is 0.0189. The zero-order valence-electron chi connectivity index (χ0n) is 12.2. The van der Waals surface area contributed by atoms with Crippen molar-refractivity contribution < 1.29 is 0 Å². The summed E-state index contributed by atoms with van der Waals surface area (Å²) in [7, 11) is 0. The van der Waals surface area contributed by atoms with Crippen molar-refractivity contribution in [3.05, 3.63) is 28.7 Å². The Morgan fingerprint density at radius 3 is 2.58 bits per heavy atom. The number of hydrogen-bond acceptors (Lipinski definition) is 2. The van der Waals surface area contributed by atoms with E-state index in [0.717, 1.165) is 23.0 Å². The second-order valence-electron chi connectivity index (χ2n) is 6.94. The van der Waals surface area contributed by atoms with Gasteiger partial charge in [-0.05, 0) is 58.7 Å². The first-order valence-electron chi connectivity index (χ1n) is 7.09. The molecule has 2 nitrogen and oxygen atoms in total. The molecule has 19 heavy (non-hydrogen) atoms. The third-order valence-electron chi connectivity index (χ3n) is 4.12. The van der Waals surface area contributed by atoms with Crippen LogP contribution in [0.1, 0.15) is 40.0 Å². The van der Waals surface area contributed by atoms with Gasteiger partial charge in [0.25, 0.3) is 0 Å². The van der Waals surface area contributed by atoms with Crippen LogP contribution in [0.2, 0.25) is 0 Å². The van der Waals surface area contributed by atoms with E-state index in [2.05, 4.69) is 60.2 Å². The largest absolute Gasteiger partial charge is 0.377 e. The molecular formula is C16H25BrN2. The molecule has 0 aliphatic heterocycles. The molecule has 0 amide bonds. The maximum Gasteiger partial charge on any atom is 0.0503 e. The second kappa shape index (κ2) is 5.45. The van der Waals surface area contributed by atoms with Crippen LogP contribution < -0.4 is 11.1 Å². The van der Waals surface area contributed by atoms with Gasteiger partial charge in [0.15, 0.2) is 0 Å². The SMILES string of the molecule is CC1CC(C)(C)CC(CN)(Nc2ccccc2Br)C1. The Morgan fingerprint density at radius 2 is 2.00 bits per heavy atom. The molecule has 0 radical (unpaired) electrons. The summed E-state index contributed by atoms with van der Waals surface area (Å²) in [5.41, 5.74) is 7.66. The monoisotopic (exact) mass is 324 g/mol. The molecule has 0 spiro atoms. The van der Waals surface area contributed by atoms with Gasteiger partial charge in [0.2, 0.25) is 0 Å². The van der Waals surface area contributed by atoms with Gasteiger partial charge in [0, 0.05) is 16.7 Å². The molecule has 1 aliphatic rings. The summed E-state index contributed by atoms with van der Waals surface area (Å²) in [6, 6.07) is 8.30. The number of halogens is 1. The molecule has 0 saturated heterocycles. The average Bonchev–Trinajstić information content (AvgIpc) is 2.29. The zero-order chi connectivity index (χ0) is 14.1. The standard InChI is InChI=1S/C16H25BrN2/c1-12-8-15(2,3)10-16(9-12,11-18)19-14-7-5-4-6-13(14)17/h4-7,12,19H,8-11,18H2,1-3H3. The van der Waals surface area contributed by atoms with E-state index in [0.29, 0.717) is 17.9 Å². The highest BCUT2D eigenvalue weighted by atomic mass is 79.9. The number of hydrogen-bond donors (Lipinski definition) is 2. The Hall–Kier alpha value is -0.540. The molecule has 0 bridgehead atoms. The van der Waals surface area contributed by atoms with E-state index >= 15 is 0 Å². The van der Waals surface area contributed by atoms with E-state index < -0.39 is 0 Å². The Balaban J connectivity index is 2.25. The molecular weight excluding hydrogens is 300 g/mol. The topological polar surface area (TPSA) is 38.0 Å². The van der Waals surface area contributed by atoms with E-state index in [1.165, 1.54) is 6.42 Å². The lowest BCUT2D eigenvalue weighted by molar-refractivity contribution is 0.125. The third-order valence-corrected chi connectivity index (χ3v) is 4.81. The third kappa shape index (κ3) is 3.51. The highest BCUT2D eigenvalue weighted by Gasteiger charge is 2.42. The van der Waals surface area contributed by atoms with E-state index in [1.807, 2.05) is 6.07 Å². The van der Waals surface area contributed by atoms with Crippen molar-refractivity contribution in [1.29, 1.82) is 0 Å². The molecule has 1 aromatic rings. The molecule has 106 valence electrons. The van der Waals surface area contributed by atoms with Crippen molar-refractivity contribution >= 4 is 21.6 Å². The van der Waals surface area contributed by atoms with Crippen LogP contribution >= 0.6 is 15.9 Å². The summed E-state index contributed by atoms with van der Waals surface area (Å²) >= 11 is 3.62. The lowest BCUT2D eigenvalue weighted by Crippen LogP contribution is -2.53. The van der Waals surface area contributed by atoms with Crippen LogP contribution in [0.3, 0.4) is 0 Å². The summed E-state index contributed by atoms with van der Waals surface area (Å²) in [6.45, 7) is 7.73. The number of nitrogens with one attached hydrogen (secondary N) is 1. The lowest BCUT2D eigenvalue weighted by Gasteiger charge is -2.48. The summed E-state index contributed by atoms with van der Waals surface area (Å²) in [4.78, 5) is 0. The van der Waals surface area contributed by atoms with E-state index in [-0.39, 0.29) is 5.54 Å². The normalized spacial score (nSPS) is 30.1. The zero-order valence-corrected chi connectivity index (χ0v) is 13.8. The maximum absolute atomic E-state index is 6.14. The molecule has 2 unspecified atom stereocenters. The van der Waals surface area contributed by atoms with Crippen LogP contribution in [-0.2, 0) is 0 Å².